The van der Waals surface area contributed by atoms with Gasteiger partial charge in [0.1, 0.15) is 0 Å². The molecule has 1 saturated carbocycles. The number of carbonyl (C=O) groups is 2. The van der Waals surface area contributed by atoms with Gasteiger partial charge in [0.15, 0.2) is 11.4 Å². The summed E-state index contributed by atoms with van der Waals surface area (Å²) in [4.78, 5) is 23.1. The average Bonchev–Trinajstić information content (AvgIpc) is 2.40. The number of Topliss-reactive ketones (excluding diaryl/α,β-unsaturated/α-hetero) is 1. The fourth-order valence-corrected chi connectivity index (χ4v) is 2.38. The highest BCUT2D eigenvalue weighted by Gasteiger charge is 2.51. The average molecular weight is 194 g/mol. The van der Waals surface area contributed by atoms with Gasteiger partial charge in [0, 0.05) is 17.9 Å². The van der Waals surface area contributed by atoms with Crippen molar-refractivity contribution in [3.05, 3.63) is 12.2 Å². The van der Waals surface area contributed by atoms with E-state index in [0.29, 0.717) is 18.4 Å². The monoisotopic (exact) mass is 194 g/mol. The smallest absolute Gasteiger partial charge is 0.334 e. The van der Waals surface area contributed by atoms with Gasteiger partial charge in [-0.1, -0.05) is 13.5 Å². The van der Waals surface area contributed by atoms with Gasteiger partial charge in [0.2, 0.25) is 0 Å². The summed E-state index contributed by atoms with van der Waals surface area (Å²) in [5.41, 5.74) is -0.404. The summed E-state index contributed by atoms with van der Waals surface area (Å²) in [5, 5.41) is 0. The summed E-state index contributed by atoms with van der Waals surface area (Å²) in [5.74, 6) is -0.300. The largest absolute Gasteiger partial charge is 0.447 e. The van der Waals surface area contributed by atoms with Crippen molar-refractivity contribution in [2.24, 2.45) is 5.92 Å². The Morgan fingerprint density at radius 2 is 2.21 bits per heavy atom. The summed E-state index contributed by atoms with van der Waals surface area (Å²) < 4.78 is 5.20. The molecule has 2 atom stereocenters. The Labute approximate surface area is 83.1 Å². The van der Waals surface area contributed by atoms with Gasteiger partial charge in [0.05, 0.1) is 0 Å². The molecule has 2 fully saturated rings. The molecule has 0 radical (unpaired) electrons. The number of esters is 1. The number of carbonyl (C=O) groups excluding carboxylic acids is 2. The topological polar surface area (TPSA) is 43.4 Å². The first-order valence-corrected chi connectivity index (χ1v) is 5.00. The molecule has 1 aliphatic heterocycles. The molecule has 0 aromatic rings. The van der Waals surface area contributed by atoms with Crippen molar-refractivity contribution in [1.82, 2.24) is 0 Å². The molecule has 14 heavy (non-hydrogen) atoms. The van der Waals surface area contributed by atoms with Crippen molar-refractivity contribution < 1.29 is 14.3 Å². The zero-order chi connectivity index (χ0) is 10.3. The summed E-state index contributed by atoms with van der Waals surface area (Å²) in [6, 6.07) is 0. The Bertz CT molecular complexity index is 300. The first kappa shape index (κ1) is 9.44. The second-order valence-electron chi connectivity index (χ2n) is 4.32. The number of ether oxygens (including phenoxy) is 1. The Hall–Kier alpha value is -1.12. The van der Waals surface area contributed by atoms with E-state index in [1.165, 1.54) is 0 Å². The molecular weight excluding hydrogens is 180 g/mol. The van der Waals surface area contributed by atoms with E-state index in [1.54, 1.807) is 0 Å². The molecule has 0 aromatic heterocycles. The van der Waals surface area contributed by atoms with E-state index in [2.05, 4.69) is 6.58 Å². The molecule has 0 bridgehead atoms. The van der Waals surface area contributed by atoms with Crippen LogP contribution in [0.15, 0.2) is 12.2 Å². The highest BCUT2D eigenvalue weighted by molar-refractivity contribution is 6.00. The summed E-state index contributed by atoms with van der Waals surface area (Å²) in [6.07, 6.45) is 2.92. The number of hydrogen-bond acceptors (Lipinski definition) is 3. The van der Waals surface area contributed by atoms with Gasteiger partial charge in [-0.15, -0.1) is 0 Å². The van der Waals surface area contributed by atoms with Gasteiger partial charge in [0.25, 0.3) is 0 Å². The molecule has 3 nitrogen and oxygen atoms in total. The molecule has 2 unspecified atom stereocenters. The predicted octanol–water partition coefficient (Wildman–Crippen LogP) is 1.62. The second-order valence-corrected chi connectivity index (χ2v) is 4.32. The molecule has 2 aliphatic rings. The minimum absolute atomic E-state index is 0.0162. The maximum atomic E-state index is 11.9. The summed E-state index contributed by atoms with van der Waals surface area (Å²) in [6.45, 7) is 5.52. The number of ketones is 1. The molecule has 0 N–H and O–H groups in total. The maximum Gasteiger partial charge on any atom is 0.334 e. The Balaban J connectivity index is 2.28. The Kier molecular flexibility index (Phi) is 1.98. The summed E-state index contributed by atoms with van der Waals surface area (Å²) in [7, 11) is 0. The lowest BCUT2D eigenvalue weighted by Gasteiger charge is -2.33. The van der Waals surface area contributed by atoms with E-state index in [9.17, 15) is 9.59 Å². The van der Waals surface area contributed by atoms with Crippen LogP contribution in [-0.2, 0) is 14.3 Å². The molecule has 76 valence electrons. The van der Waals surface area contributed by atoms with Gasteiger partial charge >= 0.3 is 5.97 Å². The van der Waals surface area contributed by atoms with Crippen LogP contribution in [0.3, 0.4) is 0 Å². The van der Waals surface area contributed by atoms with E-state index in [4.69, 9.17) is 4.74 Å². The Morgan fingerprint density at radius 3 is 2.79 bits per heavy atom. The molecule has 3 heteroatoms. The third-order valence-electron chi connectivity index (χ3n) is 3.19. The van der Waals surface area contributed by atoms with Crippen LogP contribution in [0, 0.1) is 5.92 Å². The quantitative estimate of drug-likeness (QED) is 0.434. The molecule has 1 saturated heterocycles. The molecule has 1 heterocycles. The molecule has 0 aromatic carbocycles. The third-order valence-corrected chi connectivity index (χ3v) is 3.19. The first-order valence-electron chi connectivity index (χ1n) is 5.00. The number of rotatable bonds is 0. The van der Waals surface area contributed by atoms with Crippen molar-refractivity contribution in [3.63, 3.8) is 0 Å². The standard InChI is InChI=1S/C11H14O3/c1-7-4-3-5-11(9(7)12)6-8(2)10(13)14-11/h7H,2-6H2,1H3. The van der Waals surface area contributed by atoms with E-state index >= 15 is 0 Å². The third kappa shape index (κ3) is 1.19. The number of hydrogen-bond donors (Lipinski definition) is 0. The second kappa shape index (κ2) is 2.94. The zero-order valence-corrected chi connectivity index (χ0v) is 8.34. The van der Waals surface area contributed by atoms with E-state index < -0.39 is 11.6 Å². The maximum absolute atomic E-state index is 11.9. The van der Waals surface area contributed by atoms with Crippen LogP contribution >= 0.6 is 0 Å². The predicted molar refractivity (Wildman–Crippen MR) is 50.6 cm³/mol. The first-order chi connectivity index (χ1) is 6.55. The van der Waals surface area contributed by atoms with Crippen molar-refractivity contribution in [3.8, 4) is 0 Å². The van der Waals surface area contributed by atoms with Gasteiger partial charge in [-0.2, -0.15) is 0 Å². The fourth-order valence-electron chi connectivity index (χ4n) is 2.38. The highest BCUT2D eigenvalue weighted by Crippen LogP contribution is 2.41. The summed E-state index contributed by atoms with van der Waals surface area (Å²) >= 11 is 0. The molecule has 1 spiro atoms. The zero-order valence-electron chi connectivity index (χ0n) is 8.34. The van der Waals surface area contributed by atoms with Crippen molar-refractivity contribution in [2.75, 3.05) is 0 Å². The molecule has 2 rings (SSSR count). The van der Waals surface area contributed by atoms with Crippen molar-refractivity contribution in [2.45, 2.75) is 38.2 Å². The minimum Gasteiger partial charge on any atom is -0.447 e. The molecular formula is C11H14O3. The van der Waals surface area contributed by atoms with Crippen molar-refractivity contribution >= 4 is 11.8 Å². The molecule has 0 amide bonds. The van der Waals surface area contributed by atoms with E-state index in [1.807, 2.05) is 6.92 Å². The van der Waals surface area contributed by atoms with Gasteiger partial charge in [-0.05, 0) is 19.3 Å². The van der Waals surface area contributed by atoms with Gasteiger partial charge < -0.3 is 4.74 Å². The van der Waals surface area contributed by atoms with Crippen LogP contribution in [0.5, 0.6) is 0 Å². The van der Waals surface area contributed by atoms with Crippen LogP contribution in [0.4, 0.5) is 0 Å². The lowest BCUT2D eigenvalue weighted by Crippen LogP contribution is -2.44. The minimum atomic E-state index is -0.841. The van der Waals surface area contributed by atoms with Crippen LogP contribution < -0.4 is 0 Å². The van der Waals surface area contributed by atoms with E-state index in [0.717, 1.165) is 12.8 Å². The van der Waals surface area contributed by atoms with Crippen LogP contribution in [0.25, 0.3) is 0 Å². The van der Waals surface area contributed by atoms with E-state index in [-0.39, 0.29) is 11.7 Å². The SMILES string of the molecule is C=C1CC2(CCCC(C)C2=O)OC1=O. The molecule has 1 aliphatic carbocycles. The van der Waals surface area contributed by atoms with Crippen LogP contribution in [-0.4, -0.2) is 17.4 Å². The van der Waals surface area contributed by atoms with Gasteiger partial charge in [-0.25, -0.2) is 4.79 Å². The highest BCUT2D eigenvalue weighted by atomic mass is 16.6. The Morgan fingerprint density at radius 1 is 1.50 bits per heavy atom. The van der Waals surface area contributed by atoms with Gasteiger partial charge in [-0.3, -0.25) is 4.79 Å². The lowest BCUT2D eigenvalue weighted by atomic mass is 9.76. The fraction of sp³-hybridized carbons (Fsp3) is 0.636. The normalized spacial score (nSPS) is 37.8. The van der Waals surface area contributed by atoms with Crippen LogP contribution in [0.1, 0.15) is 32.6 Å². The van der Waals surface area contributed by atoms with Crippen LogP contribution in [0.2, 0.25) is 0 Å². The van der Waals surface area contributed by atoms with Crippen molar-refractivity contribution in [1.29, 1.82) is 0 Å². The lowest BCUT2D eigenvalue weighted by molar-refractivity contribution is -0.161.